The lowest BCUT2D eigenvalue weighted by molar-refractivity contribution is -0.127. The fourth-order valence-electron chi connectivity index (χ4n) is 2.01. The van der Waals surface area contributed by atoms with Gasteiger partial charge < -0.3 is 21.3 Å². The minimum absolute atomic E-state index is 0.000741. The number of carbonyl (C=O) groups excluding carboxylic acids is 2. The molecule has 6 nitrogen and oxygen atoms in total. The summed E-state index contributed by atoms with van der Waals surface area (Å²) < 4.78 is 0. The Kier molecular flexibility index (Phi) is 6.80. The van der Waals surface area contributed by atoms with Crippen LogP contribution in [-0.4, -0.2) is 55.5 Å². The highest BCUT2D eigenvalue weighted by Crippen LogP contribution is 2.05. The fraction of sp³-hybridized carbons (Fsp3) is 0.846. The van der Waals surface area contributed by atoms with Gasteiger partial charge in [0.25, 0.3) is 0 Å². The van der Waals surface area contributed by atoms with Crippen LogP contribution in [0.5, 0.6) is 0 Å². The van der Waals surface area contributed by atoms with Gasteiger partial charge in [0.15, 0.2) is 0 Å². The first-order valence-electron chi connectivity index (χ1n) is 7.03. The van der Waals surface area contributed by atoms with E-state index in [1.165, 1.54) is 12.8 Å². The highest BCUT2D eigenvalue weighted by atomic mass is 16.2. The first kappa shape index (κ1) is 15.9. The normalized spacial score (nSPS) is 17.5. The maximum absolute atomic E-state index is 11.5. The Labute approximate surface area is 115 Å². The summed E-state index contributed by atoms with van der Waals surface area (Å²) in [5, 5.41) is 5.35. The molecule has 110 valence electrons. The van der Waals surface area contributed by atoms with E-state index in [1.807, 2.05) is 13.8 Å². The minimum atomic E-state index is -0.558. The van der Waals surface area contributed by atoms with Crippen molar-refractivity contribution in [1.29, 1.82) is 0 Å². The van der Waals surface area contributed by atoms with Crippen molar-refractivity contribution in [2.45, 2.75) is 32.7 Å². The minimum Gasteiger partial charge on any atom is -0.353 e. The van der Waals surface area contributed by atoms with Crippen LogP contribution >= 0.6 is 0 Å². The van der Waals surface area contributed by atoms with Crippen LogP contribution in [0.15, 0.2) is 0 Å². The third kappa shape index (κ3) is 6.02. The van der Waals surface area contributed by atoms with Crippen molar-refractivity contribution in [3.05, 3.63) is 0 Å². The smallest absolute Gasteiger partial charge is 0.239 e. The van der Waals surface area contributed by atoms with Gasteiger partial charge in [0, 0.05) is 13.1 Å². The summed E-state index contributed by atoms with van der Waals surface area (Å²) in [6.07, 6.45) is 2.49. The Hall–Kier alpha value is -1.14. The van der Waals surface area contributed by atoms with Crippen molar-refractivity contribution in [3.63, 3.8) is 0 Å². The van der Waals surface area contributed by atoms with Crippen molar-refractivity contribution in [1.82, 2.24) is 15.5 Å². The predicted molar refractivity (Wildman–Crippen MR) is 74.5 cm³/mol. The Morgan fingerprint density at radius 1 is 1.21 bits per heavy atom. The Bertz CT molecular complexity index is 301. The van der Waals surface area contributed by atoms with Crippen LogP contribution in [-0.2, 0) is 9.59 Å². The second-order valence-corrected chi connectivity index (χ2v) is 5.39. The molecule has 0 spiro atoms. The summed E-state index contributed by atoms with van der Waals surface area (Å²) in [6.45, 7) is 7.50. The molecule has 19 heavy (non-hydrogen) atoms. The van der Waals surface area contributed by atoms with Crippen molar-refractivity contribution in [2.75, 3.05) is 32.7 Å². The van der Waals surface area contributed by atoms with Crippen molar-refractivity contribution < 1.29 is 9.59 Å². The number of likely N-dealkylation sites (tertiary alicyclic amines) is 1. The van der Waals surface area contributed by atoms with E-state index in [0.29, 0.717) is 6.54 Å². The standard InChI is InChI=1S/C13H26N4O2/c1-10(2)12(14)13(19)16-9-11(18)15-5-8-17-6-3-4-7-17/h10,12H,3-9,14H2,1-2H3,(H,15,18)(H,16,19)/t12-/m0/s1. The number of rotatable bonds is 7. The molecule has 1 aliphatic rings. The lowest BCUT2D eigenvalue weighted by Crippen LogP contribution is -2.47. The van der Waals surface area contributed by atoms with Crippen molar-refractivity contribution in [2.24, 2.45) is 11.7 Å². The van der Waals surface area contributed by atoms with E-state index < -0.39 is 6.04 Å². The van der Waals surface area contributed by atoms with Gasteiger partial charge in [-0.1, -0.05) is 13.8 Å². The third-order valence-electron chi connectivity index (χ3n) is 3.39. The average Bonchev–Trinajstić information content (AvgIpc) is 2.88. The largest absolute Gasteiger partial charge is 0.353 e. The predicted octanol–water partition coefficient (Wildman–Crippen LogP) is -0.702. The van der Waals surface area contributed by atoms with E-state index >= 15 is 0 Å². The Morgan fingerprint density at radius 2 is 1.84 bits per heavy atom. The van der Waals surface area contributed by atoms with Crippen LogP contribution in [0.4, 0.5) is 0 Å². The topological polar surface area (TPSA) is 87.5 Å². The number of hydrogen-bond donors (Lipinski definition) is 3. The molecule has 0 aromatic heterocycles. The molecule has 1 fully saturated rings. The van der Waals surface area contributed by atoms with E-state index in [-0.39, 0.29) is 24.3 Å². The molecular formula is C13H26N4O2. The van der Waals surface area contributed by atoms with E-state index in [1.54, 1.807) is 0 Å². The molecule has 0 aliphatic carbocycles. The van der Waals surface area contributed by atoms with E-state index in [9.17, 15) is 9.59 Å². The lowest BCUT2D eigenvalue weighted by Gasteiger charge is -2.16. The van der Waals surface area contributed by atoms with Gasteiger partial charge in [-0.15, -0.1) is 0 Å². The molecule has 1 heterocycles. The summed E-state index contributed by atoms with van der Waals surface area (Å²) >= 11 is 0. The van der Waals surface area contributed by atoms with Crippen LogP contribution in [0.2, 0.25) is 0 Å². The van der Waals surface area contributed by atoms with Gasteiger partial charge in [0.1, 0.15) is 0 Å². The second-order valence-electron chi connectivity index (χ2n) is 5.39. The second kappa shape index (κ2) is 8.12. The summed E-state index contributed by atoms with van der Waals surface area (Å²) in [5.74, 6) is -0.369. The first-order chi connectivity index (χ1) is 9.00. The zero-order chi connectivity index (χ0) is 14.3. The van der Waals surface area contributed by atoms with Gasteiger partial charge in [0.05, 0.1) is 12.6 Å². The molecule has 1 aliphatic heterocycles. The van der Waals surface area contributed by atoms with Gasteiger partial charge in [-0.2, -0.15) is 0 Å². The molecule has 2 amide bonds. The fourth-order valence-corrected chi connectivity index (χ4v) is 2.01. The molecule has 6 heteroatoms. The molecule has 1 saturated heterocycles. The van der Waals surface area contributed by atoms with Gasteiger partial charge in [-0.25, -0.2) is 0 Å². The maximum Gasteiger partial charge on any atom is 0.239 e. The maximum atomic E-state index is 11.5. The number of carbonyl (C=O) groups is 2. The Balaban J connectivity index is 2.08. The zero-order valence-corrected chi connectivity index (χ0v) is 11.9. The molecule has 0 radical (unpaired) electrons. The monoisotopic (exact) mass is 270 g/mol. The molecule has 1 rings (SSSR count). The SMILES string of the molecule is CC(C)[C@H](N)C(=O)NCC(=O)NCCN1CCCC1. The van der Waals surface area contributed by atoms with Crippen LogP contribution in [0.3, 0.4) is 0 Å². The van der Waals surface area contributed by atoms with E-state index in [0.717, 1.165) is 19.6 Å². The molecule has 0 saturated carbocycles. The molecular weight excluding hydrogens is 244 g/mol. The van der Waals surface area contributed by atoms with Crippen LogP contribution in [0.25, 0.3) is 0 Å². The third-order valence-corrected chi connectivity index (χ3v) is 3.39. The summed E-state index contributed by atoms with van der Waals surface area (Å²) in [7, 11) is 0. The molecule has 0 aromatic rings. The van der Waals surface area contributed by atoms with Gasteiger partial charge in [-0.05, 0) is 31.8 Å². The van der Waals surface area contributed by atoms with Crippen LogP contribution < -0.4 is 16.4 Å². The summed E-state index contributed by atoms with van der Waals surface area (Å²) in [5.41, 5.74) is 5.68. The van der Waals surface area contributed by atoms with Gasteiger partial charge in [-0.3, -0.25) is 9.59 Å². The number of nitrogens with two attached hydrogens (primary N) is 1. The van der Waals surface area contributed by atoms with Gasteiger partial charge in [0.2, 0.25) is 11.8 Å². The number of amides is 2. The average molecular weight is 270 g/mol. The molecule has 0 unspecified atom stereocenters. The van der Waals surface area contributed by atoms with Crippen LogP contribution in [0.1, 0.15) is 26.7 Å². The van der Waals surface area contributed by atoms with Gasteiger partial charge >= 0.3 is 0 Å². The molecule has 1 atom stereocenters. The zero-order valence-electron chi connectivity index (χ0n) is 11.9. The molecule has 4 N–H and O–H groups in total. The highest BCUT2D eigenvalue weighted by Gasteiger charge is 2.17. The molecule has 0 aromatic carbocycles. The van der Waals surface area contributed by atoms with E-state index in [2.05, 4.69) is 15.5 Å². The highest BCUT2D eigenvalue weighted by molar-refractivity contribution is 5.87. The summed E-state index contributed by atoms with van der Waals surface area (Å²) in [4.78, 5) is 25.4. The summed E-state index contributed by atoms with van der Waals surface area (Å²) in [6, 6.07) is -0.558. The van der Waals surface area contributed by atoms with Crippen molar-refractivity contribution in [3.8, 4) is 0 Å². The number of hydrogen-bond acceptors (Lipinski definition) is 4. The van der Waals surface area contributed by atoms with Crippen LogP contribution in [0, 0.1) is 5.92 Å². The molecule has 0 bridgehead atoms. The van der Waals surface area contributed by atoms with E-state index in [4.69, 9.17) is 5.73 Å². The van der Waals surface area contributed by atoms with Crippen molar-refractivity contribution >= 4 is 11.8 Å². The lowest BCUT2D eigenvalue weighted by atomic mass is 10.1. The number of nitrogens with zero attached hydrogens (tertiary/aromatic N) is 1. The first-order valence-corrected chi connectivity index (χ1v) is 7.03. The number of nitrogens with one attached hydrogen (secondary N) is 2. The Morgan fingerprint density at radius 3 is 2.42 bits per heavy atom. The quantitative estimate of drug-likeness (QED) is 0.571.